The van der Waals surface area contributed by atoms with Gasteiger partial charge in [-0.3, -0.25) is 4.79 Å². The van der Waals surface area contributed by atoms with Gasteiger partial charge in [0.1, 0.15) is 11.6 Å². The van der Waals surface area contributed by atoms with E-state index in [-0.39, 0.29) is 12.2 Å². The maximum atomic E-state index is 13.4. The number of amides is 1. The first-order valence-electron chi connectivity index (χ1n) is 7.04. The second-order valence-corrected chi connectivity index (χ2v) is 5.30. The van der Waals surface area contributed by atoms with Crippen LogP contribution in [0.1, 0.15) is 25.3 Å². The average Bonchev–Trinajstić information content (AvgIpc) is 2.49. The molecule has 0 atom stereocenters. The van der Waals surface area contributed by atoms with Gasteiger partial charge in [0.2, 0.25) is 5.91 Å². The predicted octanol–water partition coefficient (Wildman–Crippen LogP) is 4.14. The summed E-state index contributed by atoms with van der Waals surface area (Å²) >= 11 is 0. The Morgan fingerprint density at radius 3 is 2.41 bits per heavy atom. The molecule has 0 aliphatic rings. The van der Waals surface area contributed by atoms with E-state index in [4.69, 9.17) is 0 Å². The van der Waals surface area contributed by atoms with Crippen LogP contribution in [0, 0.1) is 11.6 Å². The van der Waals surface area contributed by atoms with Crippen LogP contribution in [-0.2, 0) is 4.79 Å². The zero-order valence-corrected chi connectivity index (χ0v) is 12.5. The molecule has 0 radical (unpaired) electrons. The molecule has 1 amide bonds. The molecule has 0 aliphatic carbocycles. The highest BCUT2D eigenvalue weighted by atomic mass is 19.1. The van der Waals surface area contributed by atoms with E-state index < -0.39 is 17.5 Å². The van der Waals surface area contributed by atoms with Crippen molar-refractivity contribution < 1.29 is 13.6 Å². The number of rotatable bonds is 5. The predicted molar refractivity (Wildman–Crippen MR) is 84.0 cm³/mol. The second kappa shape index (κ2) is 7.02. The van der Waals surface area contributed by atoms with E-state index in [1.54, 1.807) is 0 Å². The number of carbonyl (C=O) groups excluding carboxylic acids is 1. The van der Waals surface area contributed by atoms with Crippen LogP contribution in [0.25, 0.3) is 0 Å². The van der Waals surface area contributed by atoms with Gasteiger partial charge in [-0.1, -0.05) is 26.0 Å². The first-order chi connectivity index (χ1) is 10.5. The number of hydrogen-bond acceptors (Lipinski definition) is 2. The summed E-state index contributed by atoms with van der Waals surface area (Å²) in [5.41, 5.74) is 1.83. The Labute approximate surface area is 128 Å². The first kappa shape index (κ1) is 15.9. The smallest absolute Gasteiger partial charge is 0.243 e. The summed E-state index contributed by atoms with van der Waals surface area (Å²) in [5.74, 6) is -1.28. The van der Waals surface area contributed by atoms with Gasteiger partial charge >= 0.3 is 0 Å². The lowest BCUT2D eigenvalue weighted by molar-refractivity contribution is -0.114. The maximum Gasteiger partial charge on any atom is 0.243 e. The van der Waals surface area contributed by atoms with Gasteiger partial charge in [-0.25, -0.2) is 8.78 Å². The standard InChI is InChI=1S/C17H18F2N2O/c1-11(2)12-3-6-14(7-4-12)20-10-17(22)21-16-9-13(18)5-8-15(16)19/h3-9,11,20H,10H2,1-2H3,(H,21,22). The van der Waals surface area contributed by atoms with E-state index >= 15 is 0 Å². The van der Waals surface area contributed by atoms with Gasteiger partial charge in [0.25, 0.3) is 0 Å². The monoisotopic (exact) mass is 304 g/mol. The van der Waals surface area contributed by atoms with Crippen molar-refractivity contribution in [3.05, 3.63) is 59.7 Å². The molecular formula is C17H18F2N2O. The molecule has 2 N–H and O–H groups in total. The molecule has 116 valence electrons. The molecule has 5 heteroatoms. The van der Waals surface area contributed by atoms with Crippen molar-refractivity contribution in [1.29, 1.82) is 0 Å². The van der Waals surface area contributed by atoms with Crippen molar-refractivity contribution in [2.75, 3.05) is 17.2 Å². The fraction of sp³-hybridized carbons (Fsp3) is 0.235. The number of nitrogens with one attached hydrogen (secondary N) is 2. The molecule has 3 nitrogen and oxygen atoms in total. The molecule has 0 unspecified atom stereocenters. The zero-order chi connectivity index (χ0) is 16.1. The van der Waals surface area contributed by atoms with Crippen molar-refractivity contribution >= 4 is 17.3 Å². The Kier molecular flexibility index (Phi) is 5.09. The summed E-state index contributed by atoms with van der Waals surface area (Å²) in [6.45, 7) is 4.17. The molecule has 0 saturated carbocycles. The van der Waals surface area contributed by atoms with Crippen molar-refractivity contribution in [1.82, 2.24) is 0 Å². The molecule has 0 bridgehead atoms. The molecule has 2 aromatic carbocycles. The van der Waals surface area contributed by atoms with E-state index in [1.807, 2.05) is 24.3 Å². The Morgan fingerprint density at radius 1 is 1.09 bits per heavy atom. The largest absolute Gasteiger partial charge is 0.376 e. The summed E-state index contributed by atoms with van der Waals surface area (Å²) in [6.07, 6.45) is 0. The molecule has 0 fully saturated rings. The Balaban J connectivity index is 1.91. The quantitative estimate of drug-likeness (QED) is 0.871. The molecule has 0 heterocycles. The lowest BCUT2D eigenvalue weighted by atomic mass is 10.0. The first-order valence-corrected chi connectivity index (χ1v) is 7.04. The fourth-order valence-electron chi connectivity index (χ4n) is 1.96. The van der Waals surface area contributed by atoms with Crippen LogP contribution >= 0.6 is 0 Å². The van der Waals surface area contributed by atoms with Crippen LogP contribution in [-0.4, -0.2) is 12.5 Å². The number of hydrogen-bond donors (Lipinski definition) is 2. The molecular weight excluding hydrogens is 286 g/mol. The van der Waals surface area contributed by atoms with Gasteiger partial charge in [-0.15, -0.1) is 0 Å². The zero-order valence-electron chi connectivity index (χ0n) is 12.5. The Bertz CT molecular complexity index is 654. The third-order valence-corrected chi connectivity index (χ3v) is 3.23. The summed E-state index contributed by atoms with van der Waals surface area (Å²) < 4.78 is 26.4. The lowest BCUT2D eigenvalue weighted by Gasteiger charge is -2.10. The summed E-state index contributed by atoms with van der Waals surface area (Å²) in [7, 11) is 0. The highest BCUT2D eigenvalue weighted by Crippen LogP contribution is 2.17. The van der Waals surface area contributed by atoms with E-state index in [2.05, 4.69) is 24.5 Å². The molecule has 0 saturated heterocycles. The third-order valence-electron chi connectivity index (χ3n) is 3.23. The molecule has 0 aromatic heterocycles. The van der Waals surface area contributed by atoms with E-state index in [1.165, 1.54) is 5.56 Å². The van der Waals surface area contributed by atoms with Crippen LogP contribution < -0.4 is 10.6 Å². The van der Waals surface area contributed by atoms with Crippen molar-refractivity contribution in [2.45, 2.75) is 19.8 Å². The lowest BCUT2D eigenvalue weighted by Crippen LogP contribution is -2.22. The van der Waals surface area contributed by atoms with Gasteiger partial charge in [-0.05, 0) is 35.7 Å². The van der Waals surface area contributed by atoms with Gasteiger partial charge in [0, 0.05) is 11.8 Å². The number of carbonyl (C=O) groups is 1. The van der Waals surface area contributed by atoms with E-state index in [0.717, 1.165) is 23.9 Å². The Hall–Kier alpha value is -2.43. The summed E-state index contributed by atoms with van der Waals surface area (Å²) in [5, 5.41) is 5.27. The van der Waals surface area contributed by atoms with Crippen molar-refractivity contribution in [3.63, 3.8) is 0 Å². The topological polar surface area (TPSA) is 41.1 Å². The normalized spacial score (nSPS) is 10.6. The molecule has 0 aliphatic heterocycles. The minimum absolute atomic E-state index is 0.0308. The van der Waals surface area contributed by atoms with E-state index in [0.29, 0.717) is 5.92 Å². The minimum atomic E-state index is -0.670. The van der Waals surface area contributed by atoms with Gasteiger partial charge in [-0.2, -0.15) is 0 Å². The molecule has 0 spiro atoms. The van der Waals surface area contributed by atoms with Gasteiger partial charge < -0.3 is 10.6 Å². The molecule has 2 rings (SSSR count). The minimum Gasteiger partial charge on any atom is -0.376 e. The molecule has 22 heavy (non-hydrogen) atoms. The van der Waals surface area contributed by atoms with Crippen LogP contribution in [0.3, 0.4) is 0 Å². The van der Waals surface area contributed by atoms with Gasteiger partial charge in [0.15, 0.2) is 0 Å². The number of anilines is 2. The van der Waals surface area contributed by atoms with Crippen molar-refractivity contribution in [2.24, 2.45) is 0 Å². The fourth-order valence-corrected chi connectivity index (χ4v) is 1.96. The summed E-state index contributed by atoms with van der Waals surface area (Å²) in [6, 6.07) is 10.7. The second-order valence-electron chi connectivity index (χ2n) is 5.30. The van der Waals surface area contributed by atoms with Crippen LogP contribution in [0.5, 0.6) is 0 Å². The number of halogens is 2. The highest BCUT2D eigenvalue weighted by molar-refractivity contribution is 5.93. The highest BCUT2D eigenvalue weighted by Gasteiger charge is 2.08. The SMILES string of the molecule is CC(C)c1ccc(NCC(=O)Nc2cc(F)ccc2F)cc1. The number of benzene rings is 2. The Morgan fingerprint density at radius 2 is 1.77 bits per heavy atom. The summed E-state index contributed by atoms with van der Waals surface area (Å²) in [4.78, 5) is 11.8. The van der Waals surface area contributed by atoms with Crippen LogP contribution in [0.15, 0.2) is 42.5 Å². The average molecular weight is 304 g/mol. The third kappa shape index (κ3) is 4.28. The maximum absolute atomic E-state index is 13.4. The van der Waals surface area contributed by atoms with Crippen LogP contribution in [0.2, 0.25) is 0 Å². The van der Waals surface area contributed by atoms with Crippen LogP contribution in [0.4, 0.5) is 20.2 Å². The van der Waals surface area contributed by atoms with Crippen molar-refractivity contribution in [3.8, 4) is 0 Å². The molecule has 2 aromatic rings. The van der Waals surface area contributed by atoms with E-state index in [9.17, 15) is 13.6 Å². The van der Waals surface area contributed by atoms with Gasteiger partial charge in [0.05, 0.1) is 12.2 Å².